The van der Waals surface area contributed by atoms with Crippen molar-refractivity contribution in [1.82, 2.24) is 0 Å². The Morgan fingerprint density at radius 3 is 2.36 bits per heavy atom. The average Bonchev–Trinajstić information content (AvgIpc) is 2.01. The second kappa shape index (κ2) is 5.06. The van der Waals surface area contributed by atoms with Gasteiger partial charge >= 0.3 is 5.97 Å². The van der Waals surface area contributed by atoms with Crippen molar-refractivity contribution in [3.63, 3.8) is 0 Å². The number of carbonyl (C=O) groups is 1. The van der Waals surface area contributed by atoms with Crippen LogP contribution < -0.4 is 0 Å². The number of hydrogen-bond acceptors (Lipinski definition) is 2. The van der Waals surface area contributed by atoms with Crippen molar-refractivity contribution in [3.05, 3.63) is 0 Å². The van der Waals surface area contributed by atoms with E-state index in [4.69, 9.17) is 5.11 Å². The molecular formula is C11H20O2S. The molecule has 0 heterocycles. The Kier molecular flexibility index (Phi) is 4.30. The molecule has 14 heavy (non-hydrogen) atoms. The van der Waals surface area contributed by atoms with Gasteiger partial charge in [0.05, 0.1) is 6.42 Å². The SMILES string of the molecule is CC(C)SC1(CC(=O)O)CCCCC1. The van der Waals surface area contributed by atoms with Gasteiger partial charge < -0.3 is 5.11 Å². The van der Waals surface area contributed by atoms with E-state index in [9.17, 15) is 4.79 Å². The molecule has 0 aromatic rings. The lowest BCUT2D eigenvalue weighted by Gasteiger charge is -2.36. The molecule has 1 rings (SSSR count). The Bertz CT molecular complexity index is 195. The van der Waals surface area contributed by atoms with Crippen LogP contribution in [-0.2, 0) is 4.79 Å². The van der Waals surface area contributed by atoms with Crippen LogP contribution >= 0.6 is 11.8 Å². The first-order chi connectivity index (χ1) is 6.54. The summed E-state index contributed by atoms with van der Waals surface area (Å²) in [5, 5.41) is 9.47. The molecule has 0 aromatic heterocycles. The summed E-state index contributed by atoms with van der Waals surface area (Å²) in [5.41, 5.74) is 0. The summed E-state index contributed by atoms with van der Waals surface area (Å²) in [7, 11) is 0. The summed E-state index contributed by atoms with van der Waals surface area (Å²) in [5.74, 6) is -0.639. The van der Waals surface area contributed by atoms with Crippen LogP contribution in [0, 0.1) is 0 Å². The number of hydrogen-bond donors (Lipinski definition) is 1. The van der Waals surface area contributed by atoms with Crippen LogP contribution in [-0.4, -0.2) is 21.1 Å². The molecule has 0 atom stereocenters. The summed E-state index contributed by atoms with van der Waals surface area (Å²) >= 11 is 1.87. The number of thioether (sulfide) groups is 1. The smallest absolute Gasteiger partial charge is 0.304 e. The van der Waals surface area contributed by atoms with Gasteiger partial charge in [0.15, 0.2) is 0 Å². The van der Waals surface area contributed by atoms with Gasteiger partial charge in [0.1, 0.15) is 0 Å². The van der Waals surface area contributed by atoms with Crippen LogP contribution in [0.4, 0.5) is 0 Å². The highest BCUT2D eigenvalue weighted by Crippen LogP contribution is 2.44. The fourth-order valence-corrected chi connectivity index (χ4v) is 4.04. The first kappa shape index (κ1) is 11.9. The molecule has 0 bridgehead atoms. The third-order valence-electron chi connectivity index (χ3n) is 2.72. The average molecular weight is 216 g/mol. The molecule has 1 N–H and O–H groups in total. The van der Waals surface area contributed by atoms with Crippen molar-refractivity contribution >= 4 is 17.7 Å². The molecule has 1 fully saturated rings. The van der Waals surface area contributed by atoms with E-state index in [0.29, 0.717) is 11.7 Å². The lowest BCUT2D eigenvalue weighted by molar-refractivity contribution is -0.137. The van der Waals surface area contributed by atoms with Crippen LogP contribution in [0.3, 0.4) is 0 Å². The quantitative estimate of drug-likeness (QED) is 0.783. The second-order valence-corrected chi connectivity index (χ2v) is 6.53. The molecule has 1 aliphatic carbocycles. The minimum Gasteiger partial charge on any atom is -0.481 e. The number of rotatable bonds is 4. The summed E-state index contributed by atoms with van der Waals surface area (Å²) in [6.45, 7) is 4.31. The van der Waals surface area contributed by atoms with Gasteiger partial charge in [-0.05, 0) is 18.1 Å². The zero-order valence-electron chi connectivity index (χ0n) is 9.08. The van der Waals surface area contributed by atoms with E-state index in [0.717, 1.165) is 12.8 Å². The predicted octanol–water partition coefficient (Wildman–Crippen LogP) is 3.31. The Morgan fingerprint density at radius 2 is 1.93 bits per heavy atom. The zero-order chi connectivity index (χ0) is 10.6. The normalized spacial score (nSPS) is 21.1. The lowest BCUT2D eigenvalue weighted by Crippen LogP contribution is -2.32. The van der Waals surface area contributed by atoms with Gasteiger partial charge in [-0.3, -0.25) is 4.79 Å². The van der Waals surface area contributed by atoms with Crippen molar-refractivity contribution in [2.45, 2.75) is 62.4 Å². The predicted molar refractivity (Wildman–Crippen MR) is 60.8 cm³/mol. The van der Waals surface area contributed by atoms with Gasteiger partial charge in [-0.1, -0.05) is 33.1 Å². The molecule has 0 spiro atoms. The second-order valence-electron chi connectivity index (χ2n) is 4.48. The van der Waals surface area contributed by atoms with E-state index in [1.807, 2.05) is 11.8 Å². The van der Waals surface area contributed by atoms with Gasteiger partial charge in [0, 0.05) is 4.75 Å². The molecule has 82 valence electrons. The van der Waals surface area contributed by atoms with Crippen molar-refractivity contribution in [1.29, 1.82) is 0 Å². The largest absolute Gasteiger partial charge is 0.481 e. The Balaban J connectivity index is 2.61. The molecule has 0 saturated heterocycles. The molecule has 0 aromatic carbocycles. The van der Waals surface area contributed by atoms with E-state index < -0.39 is 5.97 Å². The topological polar surface area (TPSA) is 37.3 Å². The van der Waals surface area contributed by atoms with Gasteiger partial charge in [-0.25, -0.2) is 0 Å². The standard InChI is InChI=1S/C11H20O2S/c1-9(2)14-11(8-10(12)13)6-4-3-5-7-11/h9H,3-8H2,1-2H3,(H,12,13). The molecule has 0 radical (unpaired) electrons. The minimum atomic E-state index is -0.639. The Labute approximate surface area is 90.5 Å². The molecule has 2 nitrogen and oxygen atoms in total. The molecule has 0 aliphatic heterocycles. The number of carboxylic acid groups (broad SMARTS) is 1. The molecule has 1 aliphatic rings. The Morgan fingerprint density at radius 1 is 1.36 bits per heavy atom. The van der Waals surface area contributed by atoms with Crippen LogP contribution in [0.25, 0.3) is 0 Å². The van der Waals surface area contributed by atoms with Gasteiger partial charge in [-0.2, -0.15) is 11.8 Å². The molecule has 1 saturated carbocycles. The molecule has 0 unspecified atom stereocenters. The van der Waals surface area contributed by atoms with Crippen LogP contribution in [0.5, 0.6) is 0 Å². The first-order valence-electron chi connectivity index (χ1n) is 5.44. The van der Waals surface area contributed by atoms with Crippen molar-refractivity contribution in [3.8, 4) is 0 Å². The zero-order valence-corrected chi connectivity index (χ0v) is 9.90. The van der Waals surface area contributed by atoms with Crippen LogP contribution in [0.2, 0.25) is 0 Å². The van der Waals surface area contributed by atoms with E-state index >= 15 is 0 Å². The minimum absolute atomic E-state index is 0.0399. The van der Waals surface area contributed by atoms with Crippen LogP contribution in [0.1, 0.15) is 52.4 Å². The maximum atomic E-state index is 10.8. The maximum absolute atomic E-state index is 10.8. The van der Waals surface area contributed by atoms with Crippen molar-refractivity contribution in [2.75, 3.05) is 0 Å². The summed E-state index contributed by atoms with van der Waals surface area (Å²) in [6, 6.07) is 0. The highest BCUT2D eigenvalue weighted by atomic mass is 32.2. The van der Waals surface area contributed by atoms with Crippen LogP contribution in [0.15, 0.2) is 0 Å². The highest BCUT2D eigenvalue weighted by Gasteiger charge is 2.35. The third-order valence-corrected chi connectivity index (χ3v) is 4.25. The lowest BCUT2D eigenvalue weighted by atomic mass is 9.86. The fourth-order valence-electron chi connectivity index (χ4n) is 2.31. The van der Waals surface area contributed by atoms with Gasteiger partial charge in [0.25, 0.3) is 0 Å². The van der Waals surface area contributed by atoms with E-state index in [-0.39, 0.29) is 4.75 Å². The summed E-state index contributed by atoms with van der Waals surface area (Å²) in [4.78, 5) is 10.8. The molecule has 0 amide bonds. The van der Waals surface area contributed by atoms with Gasteiger partial charge in [0.2, 0.25) is 0 Å². The summed E-state index contributed by atoms with van der Waals surface area (Å²) < 4.78 is 0.0399. The third kappa shape index (κ3) is 3.52. The molecule has 3 heteroatoms. The first-order valence-corrected chi connectivity index (χ1v) is 6.32. The van der Waals surface area contributed by atoms with Crippen molar-refractivity contribution in [2.24, 2.45) is 0 Å². The number of aliphatic carboxylic acids is 1. The monoisotopic (exact) mass is 216 g/mol. The Hall–Kier alpha value is -0.180. The number of carboxylic acids is 1. The van der Waals surface area contributed by atoms with Gasteiger partial charge in [-0.15, -0.1) is 0 Å². The molecular weight excluding hydrogens is 196 g/mol. The van der Waals surface area contributed by atoms with E-state index in [1.54, 1.807) is 0 Å². The highest BCUT2D eigenvalue weighted by molar-refractivity contribution is 8.01. The van der Waals surface area contributed by atoms with E-state index in [2.05, 4.69) is 13.8 Å². The maximum Gasteiger partial charge on any atom is 0.304 e. The van der Waals surface area contributed by atoms with E-state index in [1.165, 1.54) is 19.3 Å². The fraction of sp³-hybridized carbons (Fsp3) is 0.909. The van der Waals surface area contributed by atoms with Crippen molar-refractivity contribution < 1.29 is 9.90 Å². The summed E-state index contributed by atoms with van der Waals surface area (Å²) in [6.07, 6.45) is 6.19.